The lowest BCUT2D eigenvalue weighted by atomic mass is 10.0. The van der Waals surface area contributed by atoms with E-state index in [1.165, 1.54) is 25.9 Å². The van der Waals surface area contributed by atoms with Gasteiger partial charge in [0.2, 0.25) is 0 Å². The van der Waals surface area contributed by atoms with Gasteiger partial charge in [0.05, 0.1) is 12.3 Å². The quantitative estimate of drug-likeness (QED) is 0.841. The molecule has 1 aromatic rings. The summed E-state index contributed by atoms with van der Waals surface area (Å²) in [5.74, 6) is 1.72. The lowest BCUT2D eigenvalue weighted by Gasteiger charge is -2.32. The van der Waals surface area contributed by atoms with Gasteiger partial charge >= 0.3 is 0 Å². The van der Waals surface area contributed by atoms with Crippen LogP contribution in [-0.4, -0.2) is 30.6 Å². The van der Waals surface area contributed by atoms with Crippen LogP contribution >= 0.6 is 0 Å². The Morgan fingerprint density at radius 1 is 1.28 bits per heavy atom. The van der Waals surface area contributed by atoms with Crippen LogP contribution in [0.1, 0.15) is 45.4 Å². The van der Waals surface area contributed by atoms with Crippen molar-refractivity contribution in [3.8, 4) is 0 Å². The van der Waals surface area contributed by atoms with E-state index in [9.17, 15) is 0 Å². The molecule has 0 saturated carbocycles. The molecule has 1 fully saturated rings. The van der Waals surface area contributed by atoms with Crippen molar-refractivity contribution in [1.82, 2.24) is 10.2 Å². The third-order valence-corrected chi connectivity index (χ3v) is 3.98. The zero-order valence-corrected chi connectivity index (χ0v) is 11.9. The Hall–Kier alpha value is -0.800. The molecular formula is C15H26N2O. The average molecular weight is 250 g/mol. The largest absolute Gasteiger partial charge is 0.468 e. The Bertz CT molecular complexity index is 328. The van der Waals surface area contributed by atoms with E-state index in [-0.39, 0.29) is 0 Å². The van der Waals surface area contributed by atoms with E-state index in [4.69, 9.17) is 4.42 Å². The second kappa shape index (κ2) is 6.39. The lowest BCUT2D eigenvalue weighted by Crippen LogP contribution is -2.44. The molecule has 1 aliphatic heterocycles. The number of furan rings is 1. The van der Waals surface area contributed by atoms with E-state index in [1.54, 1.807) is 6.26 Å². The van der Waals surface area contributed by atoms with Crippen molar-refractivity contribution < 1.29 is 4.42 Å². The summed E-state index contributed by atoms with van der Waals surface area (Å²) in [6, 6.07) is 4.93. The number of nitrogens with zero attached hydrogens (tertiary/aromatic N) is 1. The fourth-order valence-electron chi connectivity index (χ4n) is 2.80. The van der Waals surface area contributed by atoms with Gasteiger partial charge in [0.15, 0.2) is 0 Å². The Kier molecular flexibility index (Phi) is 4.84. The number of hydrogen-bond acceptors (Lipinski definition) is 3. The molecule has 0 spiro atoms. The first-order valence-electron chi connectivity index (χ1n) is 7.19. The summed E-state index contributed by atoms with van der Waals surface area (Å²) < 4.78 is 5.44. The van der Waals surface area contributed by atoms with E-state index < -0.39 is 0 Å². The first-order valence-corrected chi connectivity index (χ1v) is 7.19. The molecule has 1 N–H and O–H groups in total. The van der Waals surface area contributed by atoms with Gasteiger partial charge in [-0.15, -0.1) is 0 Å². The van der Waals surface area contributed by atoms with Crippen LogP contribution in [0.3, 0.4) is 0 Å². The van der Waals surface area contributed by atoms with Crippen LogP contribution in [-0.2, 0) is 0 Å². The van der Waals surface area contributed by atoms with Gasteiger partial charge in [-0.1, -0.05) is 13.8 Å². The van der Waals surface area contributed by atoms with Gasteiger partial charge in [-0.2, -0.15) is 0 Å². The van der Waals surface area contributed by atoms with Crippen molar-refractivity contribution in [2.24, 2.45) is 5.92 Å². The maximum absolute atomic E-state index is 5.44. The topological polar surface area (TPSA) is 28.4 Å². The fourth-order valence-corrected chi connectivity index (χ4v) is 2.80. The molecule has 2 unspecified atom stereocenters. The molecule has 2 atom stereocenters. The highest BCUT2D eigenvalue weighted by molar-refractivity contribution is 5.03. The smallest absolute Gasteiger partial charge is 0.120 e. The van der Waals surface area contributed by atoms with Gasteiger partial charge in [-0.05, 0) is 50.9 Å². The lowest BCUT2D eigenvalue weighted by molar-refractivity contribution is 0.181. The normalized spacial score (nSPS) is 20.4. The molecule has 102 valence electrons. The Balaban J connectivity index is 1.85. The maximum atomic E-state index is 5.44. The van der Waals surface area contributed by atoms with Crippen molar-refractivity contribution in [2.45, 2.75) is 45.7 Å². The molecule has 1 saturated heterocycles. The van der Waals surface area contributed by atoms with E-state index in [0.29, 0.717) is 18.0 Å². The van der Waals surface area contributed by atoms with E-state index in [0.717, 1.165) is 12.3 Å². The van der Waals surface area contributed by atoms with Gasteiger partial charge in [-0.25, -0.2) is 0 Å². The molecule has 1 aliphatic rings. The summed E-state index contributed by atoms with van der Waals surface area (Å²) in [6.07, 6.45) is 4.46. The van der Waals surface area contributed by atoms with Crippen LogP contribution in [0.2, 0.25) is 0 Å². The monoisotopic (exact) mass is 250 g/mol. The van der Waals surface area contributed by atoms with Gasteiger partial charge in [-0.3, -0.25) is 4.90 Å². The minimum absolute atomic E-state index is 0.295. The van der Waals surface area contributed by atoms with Crippen LogP contribution in [0, 0.1) is 5.92 Å². The summed E-state index contributed by atoms with van der Waals surface area (Å²) in [5, 5.41) is 3.61. The zero-order valence-electron chi connectivity index (χ0n) is 11.9. The SMILES string of the molecule is CC(NCC(C(C)C)N1CCCC1)c1ccco1. The average Bonchev–Trinajstić information content (AvgIpc) is 3.01. The molecule has 1 aromatic heterocycles. The second-order valence-corrected chi connectivity index (χ2v) is 5.70. The van der Waals surface area contributed by atoms with Gasteiger partial charge in [0.25, 0.3) is 0 Å². The maximum Gasteiger partial charge on any atom is 0.120 e. The molecule has 3 nitrogen and oxygen atoms in total. The highest BCUT2D eigenvalue weighted by Gasteiger charge is 2.24. The Morgan fingerprint density at radius 2 is 2.00 bits per heavy atom. The van der Waals surface area contributed by atoms with Crippen LogP contribution in [0.4, 0.5) is 0 Å². The first-order chi connectivity index (χ1) is 8.68. The number of likely N-dealkylation sites (tertiary alicyclic amines) is 1. The third kappa shape index (κ3) is 3.36. The summed E-state index contributed by atoms with van der Waals surface area (Å²) in [5.41, 5.74) is 0. The van der Waals surface area contributed by atoms with E-state index >= 15 is 0 Å². The summed E-state index contributed by atoms with van der Waals surface area (Å²) in [7, 11) is 0. The van der Waals surface area contributed by atoms with Crippen molar-refractivity contribution in [2.75, 3.05) is 19.6 Å². The van der Waals surface area contributed by atoms with E-state index in [2.05, 4.69) is 31.0 Å². The van der Waals surface area contributed by atoms with Crippen LogP contribution in [0.15, 0.2) is 22.8 Å². The molecule has 0 amide bonds. The van der Waals surface area contributed by atoms with Crippen LogP contribution < -0.4 is 5.32 Å². The molecule has 0 aromatic carbocycles. The summed E-state index contributed by atoms with van der Waals surface area (Å²) >= 11 is 0. The molecule has 2 rings (SSSR count). The number of nitrogens with one attached hydrogen (secondary N) is 1. The molecule has 0 radical (unpaired) electrons. The predicted molar refractivity (Wildman–Crippen MR) is 74.6 cm³/mol. The first kappa shape index (κ1) is 13.6. The van der Waals surface area contributed by atoms with Crippen molar-refractivity contribution in [1.29, 1.82) is 0 Å². The van der Waals surface area contributed by atoms with Crippen LogP contribution in [0.25, 0.3) is 0 Å². The van der Waals surface area contributed by atoms with Gasteiger partial charge < -0.3 is 9.73 Å². The molecule has 2 heterocycles. The zero-order chi connectivity index (χ0) is 13.0. The summed E-state index contributed by atoms with van der Waals surface area (Å²) in [6.45, 7) is 10.4. The van der Waals surface area contributed by atoms with Crippen molar-refractivity contribution >= 4 is 0 Å². The molecule has 3 heteroatoms. The molecule has 18 heavy (non-hydrogen) atoms. The van der Waals surface area contributed by atoms with Crippen molar-refractivity contribution in [3.63, 3.8) is 0 Å². The number of rotatable bonds is 6. The van der Waals surface area contributed by atoms with Crippen molar-refractivity contribution in [3.05, 3.63) is 24.2 Å². The fraction of sp³-hybridized carbons (Fsp3) is 0.733. The summed E-state index contributed by atoms with van der Waals surface area (Å²) in [4.78, 5) is 2.63. The Labute approximate surface area is 111 Å². The number of hydrogen-bond donors (Lipinski definition) is 1. The van der Waals surface area contributed by atoms with Crippen LogP contribution in [0.5, 0.6) is 0 Å². The highest BCUT2D eigenvalue weighted by Crippen LogP contribution is 2.19. The third-order valence-electron chi connectivity index (χ3n) is 3.98. The molecular weight excluding hydrogens is 224 g/mol. The van der Waals surface area contributed by atoms with Gasteiger partial charge in [0.1, 0.15) is 5.76 Å². The minimum Gasteiger partial charge on any atom is -0.468 e. The standard InChI is InChI=1S/C15H26N2O/c1-12(2)14(17-8-4-5-9-17)11-16-13(3)15-7-6-10-18-15/h6-7,10,12-14,16H,4-5,8-9,11H2,1-3H3. The highest BCUT2D eigenvalue weighted by atomic mass is 16.3. The molecule has 0 bridgehead atoms. The Morgan fingerprint density at radius 3 is 2.56 bits per heavy atom. The van der Waals surface area contributed by atoms with E-state index in [1.807, 2.05) is 12.1 Å². The minimum atomic E-state index is 0.295. The second-order valence-electron chi connectivity index (χ2n) is 5.70. The predicted octanol–water partition coefficient (Wildman–Crippen LogP) is 3.05. The molecule has 0 aliphatic carbocycles. The van der Waals surface area contributed by atoms with Gasteiger partial charge in [0, 0.05) is 12.6 Å².